The third kappa shape index (κ3) is 6.85. The molecule has 1 heterocycles. The smallest absolute Gasteiger partial charge is 0.100 e. The quantitative estimate of drug-likeness (QED) is 0.398. The van der Waals surface area contributed by atoms with Crippen LogP contribution in [0.1, 0.15) is 11.4 Å². The molecule has 0 aromatic carbocycles. The lowest BCUT2D eigenvalue weighted by molar-refractivity contribution is -0.00326. The number of ether oxygens (including phenoxy) is 2. The fraction of sp³-hybridized carbons (Fsp3) is 0.667. The van der Waals surface area contributed by atoms with Gasteiger partial charge in [0.15, 0.2) is 0 Å². The highest BCUT2D eigenvalue weighted by Crippen LogP contribution is 2.01. The van der Waals surface area contributed by atoms with Crippen molar-refractivity contribution in [1.82, 2.24) is 9.97 Å². The number of aliphatic hydroxyl groups is 4. The topological polar surface area (TPSA) is 125 Å². The van der Waals surface area contributed by atoms with Crippen molar-refractivity contribution in [2.45, 2.75) is 25.4 Å². The minimum atomic E-state index is -0.908. The molecule has 2 atom stereocenters. The Morgan fingerprint density at radius 1 is 0.900 bits per heavy atom. The van der Waals surface area contributed by atoms with E-state index in [4.69, 9.17) is 29.9 Å². The molecule has 0 spiro atoms. The van der Waals surface area contributed by atoms with Gasteiger partial charge in [0.25, 0.3) is 0 Å². The number of hydrogen-bond donors (Lipinski definition) is 4. The standard InChI is InChI=1S/C12H20N2O6/c15-3-11(17)7-19-5-9-1-13-2-10(14-9)6-20-8-12(18)4-16/h1-2,11-12,15-18H,3-8H2/t11-,12-/m1/s1. The first-order valence-electron chi connectivity index (χ1n) is 6.18. The van der Waals surface area contributed by atoms with Crippen LogP contribution in [0.4, 0.5) is 0 Å². The monoisotopic (exact) mass is 288 g/mol. The Bertz CT molecular complexity index is 347. The largest absolute Gasteiger partial charge is 0.394 e. The summed E-state index contributed by atoms with van der Waals surface area (Å²) in [6.45, 7) is -0.350. The first-order valence-corrected chi connectivity index (χ1v) is 6.18. The molecular formula is C12H20N2O6. The van der Waals surface area contributed by atoms with Crippen LogP contribution < -0.4 is 0 Å². The molecule has 20 heavy (non-hydrogen) atoms. The van der Waals surface area contributed by atoms with Gasteiger partial charge in [0, 0.05) is 0 Å². The van der Waals surface area contributed by atoms with Crippen molar-refractivity contribution in [3.05, 3.63) is 23.8 Å². The molecule has 0 fully saturated rings. The lowest BCUT2D eigenvalue weighted by Gasteiger charge is -2.09. The zero-order valence-corrected chi connectivity index (χ0v) is 11.1. The molecule has 0 radical (unpaired) electrons. The maximum Gasteiger partial charge on any atom is 0.100 e. The van der Waals surface area contributed by atoms with Gasteiger partial charge in [-0.2, -0.15) is 0 Å². The van der Waals surface area contributed by atoms with Crippen LogP contribution >= 0.6 is 0 Å². The molecule has 0 unspecified atom stereocenters. The van der Waals surface area contributed by atoms with Gasteiger partial charge in [-0.25, -0.2) is 4.98 Å². The van der Waals surface area contributed by atoms with E-state index in [1.54, 1.807) is 0 Å². The zero-order valence-electron chi connectivity index (χ0n) is 11.1. The summed E-state index contributed by atoms with van der Waals surface area (Å²) in [6, 6.07) is 0. The van der Waals surface area contributed by atoms with Gasteiger partial charge in [-0.1, -0.05) is 0 Å². The highest BCUT2D eigenvalue weighted by atomic mass is 16.5. The summed E-state index contributed by atoms with van der Waals surface area (Å²) < 4.78 is 10.3. The molecule has 1 aromatic heterocycles. The van der Waals surface area contributed by atoms with E-state index in [1.807, 2.05) is 0 Å². The molecular weight excluding hydrogens is 268 g/mol. The predicted molar refractivity (Wildman–Crippen MR) is 67.5 cm³/mol. The van der Waals surface area contributed by atoms with E-state index in [1.165, 1.54) is 12.4 Å². The second-order valence-electron chi connectivity index (χ2n) is 4.20. The van der Waals surface area contributed by atoms with Crippen molar-refractivity contribution in [3.8, 4) is 0 Å². The SMILES string of the molecule is OC[C@@H](O)COCc1cncc(COC[C@H](O)CO)n1. The number of hydrogen-bond acceptors (Lipinski definition) is 8. The Hall–Kier alpha value is -1.16. The zero-order chi connectivity index (χ0) is 14.8. The molecule has 0 aliphatic carbocycles. The van der Waals surface area contributed by atoms with E-state index >= 15 is 0 Å². The normalized spacial score (nSPS) is 14.2. The molecule has 4 N–H and O–H groups in total. The van der Waals surface area contributed by atoms with Crippen molar-refractivity contribution in [2.24, 2.45) is 0 Å². The Morgan fingerprint density at radius 3 is 1.75 bits per heavy atom. The second-order valence-corrected chi connectivity index (χ2v) is 4.20. The van der Waals surface area contributed by atoms with Gasteiger partial charge in [-0.05, 0) is 0 Å². The average Bonchev–Trinajstić information content (AvgIpc) is 2.47. The Balaban J connectivity index is 2.33. The summed E-state index contributed by atoms with van der Waals surface area (Å²) in [7, 11) is 0. The van der Waals surface area contributed by atoms with Gasteiger partial charge in [-0.3, -0.25) is 4.98 Å². The first-order chi connectivity index (χ1) is 9.65. The molecule has 8 nitrogen and oxygen atoms in total. The molecule has 0 amide bonds. The summed E-state index contributed by atoms with van der Waals surface area (Å²) >= 11 is 0. The van der Waals surface area contributed by atoms with Crippen LogP contribution in [-0.2, 0) is 22.7 Å². The molecule has 0 saturated carbocycles. The van der Waals surface area contributed by atoms with E-state index in [9.17, 15) is 0 Å². The fourth-order valence-corrected chi connectivity index (χ4v) is 1.30. The van der Waals surface area contributed by atoms with Crippen LogP contribution in [-0.4, -0.2) is 69.0 Å². The Kier molecular flexibility index (Phi) is 8.19. The fourth-order valence-electron chi connectivity index (χ4n) is 1.30. The van der Waals surface area contributed by atoms with Crippen LogP contribution in [0, 0.1) is 0 Å². The van der Waals surface area contributed by atoms with E-state index < -0.39 is 12.2 Å². The third-order valence-electron chi connectivity index (χ3n) is 2.28. The summed E-state index contributed by atoms with van der Waals surface area (Å²) in [6.07, 6.45) is 1.23. The van der Waals surface area contributed by atoms with E-state index in [0.717, 1.165) is 0 Å². The van der Waals surface area contributed by atoms with E-state index in [-0.39, 0.29) is 39.6 Å². The summed E-state index contributed by atoms with van der Waals surface area (Å²) in [5, 5.41) is 35.5. The van der Waals surface area contributed by atoms with Crippen LogP contribution in [0.25, 0.3) is 0 Å². The third-order valence-corrected chi connectivity index (χ3v) is 2.28. The number of rotatable bonds is 10. The maximum atomic E-state index is 9.11. The van der Waals surface area contributed by atoms with Gasteiger partial charge >= 0.3 is 0 Å². The van der Waals surface area contributed by atoms with Crippen molar-refractivity contribution >= 4 is 0 Å². The number of nitrogens with zero attached hydrogens (tertiary/aromatic N) is 2. The maximum absolute atomic E-state index is 9.11. The summed E-state index contributed by atoms with van der Waals surface area (Å²) in [5.74, 6) is 0. The number of aliphatic hydroxyl groups excluding tert-OH is 4. The van der Waals surface area contributed by atoms with Crippen molar-refractivity contribution in [1.29, 1.82) is 0 Å². The van der Waals surface area contributed by atoms with Gasteiger partial charge < -0.3 is 29.9 Å². The molecule has 114 valence electrons. The van der Waals surface area contributed by atoms with Crippen LogP contribution in [0.3, 0.4) is 0 Å². The molecule has 0 aliphatic rings. The Morgan fingerprint density at radius 2 is 1.35 bits per heavy atom. The lowest BCUT2D eigenvalue weighted by atomic mass is 10.4. The van der Waals surface area contributed by atoms with Gasteiger partial charge in [0.1, 0.15) is 12.2 Å². The summed E-state index contributed by atoms with van der Waals surface area (Å²) in [5.41, 5.74) is 1.14. The molecule has 8 heteroatoms. The average molecular weight is 288 g/mol. The lowest BCUT2D eigenvalue weighted by Crippen LogP contribution is -2.20. The van der Waals surface area contributed by atoms with Crippen LogP contribution in [0.5, 0.6) is 0 Å². The van der Waals surface area contributed by atoms with Gasteiger partial charge in [-0.15, -0.1) is 0 Å². The van der Waals surface area contributed by atoms with Crippen molar-refractivity contribution in [3.63, 3.8) is 0 Å². The number of aromatic nitrogens is 2. The van der Waals surface area contributed by atoms with E-state index in [0.29, 0.717) is 11.4 Å². The van der Waals surface area contributed by atoms with Crippen LogP contribution in [0.15, 0.2) is 12.4 Å². The highest BCUT2D eigenvalue weighted by Gasteiger charge is 2.05. The molecule has 0 aliphatic heterocycles. The predicted octanol–water partition coefficient (Wildman–Crippen LogP) is -1.78. The van der Waals surface area contributed by atoms with E-state index in [2.05, 4.69) is 9.97 Å². The molecule has 1 aromatic rings. The van der Waals surface area contributed by atoms with Crippen molar-refractivity contribution < 1.29 is 29.9 Å². The second kappa shape index (κ2) is 9.70. The highest BCUT2D eigenvalue weighted by molar-refractivity contribution is 5.01. The minimum Gasteiger partial charge on any atom is -0.394 e. The Labute approximate surface area is 116 Å². The van der Waals surface area contributed by atoms with Gasteiger partial charge in [0.2, 0.25) is 0 Å². The summed E-state index contributed by atoms with van der Waals surface area (Å²) in [4.78, 5) is 8.19. The minimum absolute atomic E-state index is 0.0155. The molecule has 1 rings (SSSR count). The van der Waals surface area contributed by atoms with Crippen molar-refractivity contribution in [2.75, 3.05) is 26.4 Å². The molecule has 0 saturated heterocycles. The first kappa shape index (κ1) is 16.9. The molecule has 0 bridgehead atoms. The van der Waals surface area contributed by atoms with Crippen LogP contribution in [0.2, 0.25) is 0 Å². The van der Waals surface area contributed by atoms with Gasteiger partial charge in [0.05, 0.1) is 63.4 Å².